The van der Waals surface area contributed by atoms with Gasteiger partial charge >= 0.3 is 0 Å². The molecule has 0 amide bonds. The number of aromatic nitrogens is 3. The first-order chi connectivity index (χ1) is 9.22. The molecule has 8 nitrogen and oxygen atoms in total. The fourth-order valence-corrected chi connectivity index (χ4v) is 1.38. The smallest absolute Gasteiger partial charge is 0.201 e. The standard InChI is InChI=1S/C11H10N8/c12-5-9(10(13)14)18-17-8-4-2-1-3-7(8)11-15-6-16-19-11/h1-4,6,17H,(H3,13,14)(H,15,16,19)/b18-9+. The van der Waals surface area contributed by atoms with Gasteiger partial charge in [0.05, 0.1) is 5.69 Å². The summed E-state index contributed by atoms with van der Waals surface area (Å²) >= 11 is 0. The SMILES string of the molecule is N#C/C(=N\Nc1ccccc1-c1ncn[nH]1)C(=N)N. The molecule has 0 fully saturated rings. The van der Waals surface area contributed by atoms with Crippen LogP contribution in [0.2, 0.25) is 0 Å². The maximum absolute atomic E-state index is 8.76. The summed E-state index contributed by atoms with van der Waals surface area (Å²) in [7, 11) is 0. The van der Waals surface area contributed by atoms with Crippen LogP contribution in [0.3, 0.4) is 0 Å². The summed E-state index contributed by atoms with van der Waals surface area (Å²) in [5, 5.41) is 26.2. The number of anilines is 1. The van der Waals surface area contributed by atoms with Gasteiger partial charge in [-0.1, -0.05) is 12.1 Å². The van der Waals surface area contributed by atoms with Crippen LogP contribution in [0.25, 0.3) is 11.4 Å². The number of nitriles is 1. The zero-order chi connectivity index (χ0) is 13.7. The van der Waals surface area contributed by atoms with E-state index in [-0.39, 0.29) is 5.71 Å². The van der Waals surface area contributed by atoms with Crippen molar-refractivity contribution >= 4 is 17.2 Å². The Bertz CT molecular complexity index is 650. The van der Waals surface area contributed by atoms with Crippen molar-refractivity contribution in [2.75, 3.05) is 5.43 Å². The Kier molecular flexibility index (Phi) is 3.49. The molecule has 0 aliphatic rings. The van der Waals surface area contributed by atoms with Crippen molar-refractivity contribution in [3.8, 4) is 17.5 Å². The molecule has 0 unspecified atom stereocenters. The lowest BCUT2D eigenvalue weighted by atomic mass is 10.2. The normalized spacial score (nSPS) is 10.8. The number of hydrogen-bond donors (Lipinski definition) is 4. The Morgan fingerprint density at radius 2 is 2.26 bits per heavy atom. The van der Waals surface area contributed by atoms with Crippen molar-refractivity contribution in [2.45, 2.75) is 0 Å². The van der Waals surface area contributed by atoms with Gasteiger partial charge < -0.3 is 5.73 Å². The number of nitrogens with one attached hydrogen (secondary N) is 3. The minimum atomic E-state index is -0.396. The minimum Gasteiger partial charge on any atom is -0.382 e. The van der Waals surface area contributed by atoms with Crippen LogP contribution < -0.4 is 11.2 Å². The molecule has 1 heterocycles. The van der Waals surface area contributed by atoms with Crippen LogP contribution in [0, 0.1) is 16.7 Å². The number of amidine groups is 1. The van der Waals surface area contributed by atoms with Crippen LogP contribution >= 0.6 is 0 Å². The van der Waals surface area contributed by atoms with E-state index in [0.717, 1.165) is 5.56 Å². The first kappa shape index (κ1) is 12.3. The summed E-state index contributed by atoms with van der Waals surface area (Å²) in [4.78, 5) is 4.04. The third-order valence-electron chi connectivity index (χ3n) is 2.25. The third kappa shape index (κ3) is 2.73. The largest absolute Gasteiger partial charge is 0.382 e. The van der Waals surface area contributed by atoms with Gasteiger partial charge in [0.1, 0.15) is 12.4 Å². The number of H-pyrrole nitrogens is 1. The average molecular weight is 254 g/mol. The van der Waals surface area contributed by atoms with E-state index in [1.807, 2.05) is 12.1 Å². The molecule has 2 rings (SSSR count). The number of rotatable bonds is 4. The van der Waals surface area contributed by atoms with Gasteiger partial charge in [0, 0.05) is 5.56 Å². The Morgan fingerprint density at radius 3 is 2.89 bits per heavy atom. The van der Waals surface area contributed by atoms with E-state index in [9.17, 15) is 0 Å². The molecule has 0 atom stereocenters. The molecule has 0 bridgehead atoms. The Balaban J connectivity index is 2.32. The second-order valence-corrected chi connectivity index (χ2v) is 3.48. The van der Waals surface area contributed by atoms with Crippen molar-refractivity contribution in [3.05, 3.63) is 30.6 Å². The Hall–Kier alpha value is -3.21. The van der Waals surface area contributed by atoms with Gasteiger partial charge in [-0.05, 0) is 12.1 Å². The fourth-order valence-electron chi connectivity index (χ4n) is 1.38. The van der Waals surface area contributed by atoms with Crippen LogP contribution in [-0.4, -0.2) is 26.7 Å². The predicted molar refractivity (Wildman–Crippen MR) is 70.4 cm³/mol. The zero-order valence-corrected chi connectivity index (χ0v) is 9.75. The quantitative estimate of drug-likeness (QED) is 0.361. The highest BCUT2D eigenvalue weighted by Gasteiger charge is 2.07. The second kappa shape index (κ2) is 5.42. The summed E-state index contributed by atoms with van der Waals surface area (Å²) in [6.45, 7) is 0. The fraction of sp³-hybridized carbons (Fsp3) is 0. The second-order valence-electron chi connectivity index (χ2n) is 3.48. The van der Waals surface area contributed by atoms with Gasteiger partial charge in [-0.3, -0.25) is 15.9 Å². The topological polar surface area (TPSA) is 140 Å². The van der Waals surface area contributed by atoms with Crippen molar-refractivity contribution in [1.82, 2.24) is 15.2 Å². The molecule has 0 spiro atoms. The van der Waals surface area contributed by atoms with Gasteiger partial charge in [-0.25, -0.2) is 4.98 Å². The van der Waals surface area contributed by atoms with Crippen LogP contribution in [0.15, 0.2) is 35.7 Å². The number of hydrazone groups is 1. The van der Waals surface area contributed by atoms with Gasteiger partial charge in [0.2, 0.25) is 5.71 Å². The van der Waals surface area contributed by atoms with E-state index >= 15 is 0 Å². The maximum atomic E-state index is 8.76. The molecule has 0 radical (unpaired) electrons. The number of nitrogens with zero attached hydrogens (tertiary/aromatic N) is 4. The monoisotopic (exact) mass is 254 g/mol. The first-order valence-corrected chi connectivity index (χ1v) is 5.25. The highest BCUT2D eigenvalue weighted by molar-refractivity contribution is 6.45. The van der Waals surface area contributed by atoms with Crippen molar-refractivity contribution in [3.63, 3.8) is 0 Å². The summed E-state index contributed by atoms with van der Waals surface area (Å²) in [5.41, 5.74) is 9.07. The lowest BCUT2D eigenvalue weighted by molar-refractivity contribution is 1.09. The van der Waals surface area contributed by atoms with Crippen molar-refractivity contribution < 1.29 is 0 Å². The zero-order valence-electron chi connectivity index (χ0n) is 9.75. The number of aromatic amines is 1. The van der Waals surface area contributed by atoms with Crippen LogP contribution in [-0.2, 0) is 0 Å². The number of para-hydroxylation sites is 1. The minimum absolute atomic E-state index is 0.188. The van der Waals surface area contributed by atoms with E-state index < -0.39 is 5.84 Å². The van der Waals surface area contributed by atoms with Crippen molar-refractivity contribution in [1.29, 1.82) is 10.7 Å². The number of benzene rings is 1. The molecule has 1 aromatic carbocycles. The molecule has 2 aromatic rings. The molecule has 0 saturated heterocycles. The molecule has 8 heteroatoms. The summed E-state index contributed by atoms with van der Waals surface area (Å²) < 4.78 is 0. The summed E-state index contributed by atoms with van der Waals surface area (Å²) in [5.74, 6) is 0.173. The molecular weight excluding hydrogens is 244 g/mol. The van der Waals surface area contributed by atoms with Gasteiger partial charge in [-0.15, -0.1) is 0 Å². The van der Waals surface area contributed by atoms with Crippen molar-refractivity contribution in [2.24, 2.45) is 10.8 Å². The molecule has 0 aliphatic heterocycles. The Labute approximate surface area is 108 Å². The lowest BCUT2D eigenvalue weighted by Gasteiger charge is -2.06. The molecule has 19 heavy (non-hydrogen) atoms. The van der Waals surface area contributed by atoms with E-state index in [2.05, 4.69) is 25.7 Å². The number of hydrogen-bond acceptors (Lipinski definition) is 6. The third-order valence-corrected chi connectivity index (χ3v) is 2.25. The summed E-state index contributed by atoms with van der Waals surface area (Å²) in [6, 6.07) is 8.95. The summed E-state index contributed by atoms with van der Waals surface area (Å²) in [6.07, 6.45) is 1.39. The first-order valence-electron chi connectivity index (χ1n) is 5.25. The van der Waals surface area contributed by atoms with Gasteiger partial charge in [0.15, 0.2) is 11.7 Å². The van der Waals surface area contributed by atoms with E-state index in [4.69, 9.17) is 16.4 Å². The lowest BCUT2D eigenvalue weighted by Crippen LogP contribution is -2.21. The molecule has 5 N–H and O–H groups in total. The Morgan fingerprint density at radius 1 is 1.47 bits per heavy atom. The molecule has 0 aliphatic carbocycles. The van der Waals surface area contributed by atoms with Gasteiger partial charge in [0.25, 0.3) is 0 Å². The highest BCUT2D eigenvalue weighted by Crippen LogP contribution is 2.24. The van der Waals surface area contributed by atoms with E-state index in [1.54, 1.807) is 18.2 Å². The van der Waals surface area contributed by atoms with E-state index in [1.165, 1.54) is 6.33 Å². The predicted octanol–water partition coefficient (Wildman–Crippen LogP) is 0.699. The maximum Gasteiger partial charge on any atom is 0.201 e. The van der Waals surface area contributed by atoms with Gasteiger partial charge in [-0.2, -0.15) is 15.5 Å². The van der Waals surface area contributed by atoms with E-state index in [0.29, 0.717) is 11.5 Å². The number of nitrogens with two attached hydrogens (primary N) is 1. The molecule has 1 aromatic heterocycles. The van der Waals surface area contributed by atoms with Crippen LogP contribution in [0.1, 0.15) is 0 Å². The molecule has 0 saturated carbocycles. The molecule has 94 valence electrons. The van der Waals surface area contributed by atoms with Crippen LogP contribution in [0.5, 0.6) is 0 Å². The van der Waals surface area contributed by atoms with Crippen LogP contribution in [0.4, 0.5) is 5.69 Å². The molecular formula is C11H10N8. The average Bonchev–Trinajstić information content (AvgIpc) is 2.93. The highest BCUT2D eigenvalue weighted by atomic mass is 15.3.